The number of ether oxygens (including phenoxy) is 1. The second kappa shape index (κ2) is 6.30. The fourth-order valence-electron chi connectivity index (χ4n) is 2.14. The van der Waals surface area contributed by atoms with Gasteiger partial charge in [-0.25, -0.2) is 0 Å². The number of nitrogens with zero attached hydrogens (tertiary/aromatic N) is 2. The van der Waals surface area contributed by atoms with E-state index in [2.05, 4.69) is 10.4 Å². The van der Waals surface area contributed by atoms with E-state index in [-0.39, 0.29) is 5.91 Å². The Balaban J connectivity index is 2.06. The molecule has 0 unspecified atom stereocenters. The molecule has 0 radical (unpaired) electrons. The summed E-state index contributed by atoms with van der Waals surface area (Å²) in [5.41, 5.74) is 8.55. The predicted octanol–water partition coefficient (Wildman–Crippen LogP) is 1.50. The topological polar surface area (TPSA) is 82.2 Å². The zero-order chi connectivity index (χ0) is 15.4. The molecule has 0 atom stereocenters. The molecule has 2 aromatic rings. The van der Waals surface area contributed by atoms with Crippen LogP contribution >= 0.6 is 0 Å². The lowest BCUT2D eigenvalue weighted by atomic mass is 10.2. The lowest BCUT2D eigenvalue weighted by Crippen LogP contribution is -2.26. The lowest BCUT2D eigenvalue weighted by Gasteiger charge is -2.07. The Morgan fingerprint density at radius 1 is 1.38 bits per heavy atom. The van der Waals surface area contributed by atoms with Gasteiger partial charge in [0.1, 0.15) is 11.4 Å². The first kappa shape index (κ1) is 14.9. The minimum atomic E-state index is -0.224. The van der Waals surface area contributed by atoms with E-state index in [0.717, 1.165) is 17.0 Å². The monoisotopic (exact) mass is 288 g/mol. The van der Waals surface area contributed by atoms with Crippen LogP contribution in [-0.4, -0.2) is 22.8 Å². The van der Waals surface area contributed by atoms with E-state index in [1.54, 1.807) is 14.2 Å². The van der Waals surface area contributed by atoms with Crippen molar-refractivity contribution < 1.29 is 9.53 Å². The second-order valence-electron chi connectivity index (χ2n) is 4.72. The molecule has 0 spiro atoms. The molecule has 112 valence electrons. The van der Waals surface area contributed by atoms with Gasteiger partial charge in [0.15, 0.2) is 0 Å². The molecule has 6 heteroatoms. The summed E-state index contributed by atoms with van der Waals surface area (Å²) in [5, 5.41) is 7.09. The van der Waals surface area contributed by atoms with Crippen molar-refractivity contribution in [3.05, 3.63) is 41.2 Å². The maximum absolute atomic E-state index is 12.2. The van der Waals surface area contributed by atoms with Gasteiger partial charge in [-0.3, -0.25) is 9.48 Å². The number of rotatable bonds is 5. The van der Waals surface area contributed by atoms with Crippen molar-refractivity contribution in [2.75, 3.05) is 12.8 Å². The van der Waals surface area contributed by atoms with Gasteiger partial charge in [-0.2, -0.15) is 5.10 Å². The van der Waals surface area contributed by atoms with Crippen LogP contribution in [0, 0.1) is 0 Å². The largest absolute Gasteiger partial charge is 0.497 e. The summed E-state index contributed by atoms with van der Waals surface area (Å²) in [6.07, 6.45) is 0.700. The average Bonchev–Trinajstić information content (AvgIpc) is 2.79. The third kappa shape index (κ3) is 3.16. The Hall–Kier alpha value is -2.50. The number of nitrogens with one attached hydrogen (secondary N) is 1. The number of methoxy groups -OCH3 is 1. The summed E-state index contributed by atoms with van der Waals surface area (Å²) in [7, 11) is 3.34. The fourth-order valence-corrected chi connectivity index (χ4v) is 2.14. The molecule has 2 rings (SSSR count). The first-order valence-electron chi connectivity index (χ1n) is 6.79. The van der Waals surface area contributed by atoms with Crippen LogP contribution in [0.4, 0.5) is 5.69 Å². The van der Waals surface area contributed by atoms with Gasteiger partial charge in [0.25, 0.3) is 5.91 Å². The first-order valence-corrected chi connectivity index (χ1v) is 6.79. The summed E-state index contributed by atoms with van der Waals surface area (Å²) < 4.78 is 6.62. The molecule has 0 aliphatic rings. The van der Waals surface area contributed by atoms with E-state index in [0.29, 0.717) is 24.3 Å². The SMILES string of the molecule is CCc1nn(C)c(C(=O)NCc2ccc(OC)cc2)c1N. The zero-order valence-electron chi connectivity index (χ0n) is 12.5. The van der Waals surface area contributed by atoms with E-state index in [1.165, 1.54) is 4.68 Å². The fraction of sp³-hybridized carbons (Fsp3) is 0.333. The number of anilines is 1. The molecule has 1 amide bonds. The van der Waals surface area contributed by atoms with Crippen LogP contribution in [0.15, 0.2) is 24.3 Å². The van der Waals surface area contributed by atoms with Crippen LogP contribution < -0.4 is 15.8 Å². The number of aryl methyl sites for hydroxylation is 2. The van der Waals surface area contributed by atoms with Crippen LogP contribution in [0.3, 0.4) is 0 Å². The number of amides is 1. The van der Waals surface area contributed by atoms with E-state index in [1.807, 2.05) is 31.2 Å². The maximum Gasteiger partial charge on any atom is 0.271 e. The van der Waals surface area contributed by atoms with Gasteiger partial charge in [0.05, 0.1) is 18.5 Å². The smallest absolute Gasteiger partial charge is 0.271 e. The van der Waals surface area contributed by atoms with Crippen molar-refractivity contribution in [3.63, 3.8) is 0 Å². The van der Waals surface area contributed by atoms with E-state index < -0.39 is 0 Å². The lowest BCUT2D eigenvalue weighted by molar-refractivity contribution is 0.0942. The number of benzene rings is 1. The van der Waals surface area contributed by atoms with Gasteiger partial charge in [-0.15, -0.1) is 0 Å². The maximum atomic E-state index is 12.2. The Morgan fingerprint density at radius 2 is 2.05 bits per heavy atom. The average molecular weight is 288 g/mol. The number of nitrogen functional groups attached to an aromatic ring is 1. The molecule has 1 aromatic carbocycles. The first-order chi connectivity index (χ1) is 10.1. The highest BCUT2D eigenvalue weighted by Crippen LogP contribution is 2.17. The highest BCUT2D eigenvalue weighted by atomic mass is 16.5. The van der Waals surface area contributed by atoms with Crippen molar-refractivity contribution >= 4 is 11.6 Å². The second-order valence-corrected chi connectivity index (χ2v) is 4.72. The van der Waals surface area contributed by atoms with Crippen LogP contribution in [-0.2, 0) is 20.0 Å². The van der Waals surface area contributed by atoms with Gasteiger partial charge in [0.2, 0.25) is 0 Å². The van der Waals surface area contributed by atoms with Crippen molar-refractivity contribution in [2.45, 2.75) is 19.9 Å². The van der Waals surface area contributed by atoms with Crippen molar-refractivity contribution in [2.24, 2.45) is 7.05 Å². The highest BCUT2D eigenvalue weighted by Gasteiger charge is 2.18. The van der Waals surface area contributed by atoms with Gasteiger partial charge in [-0.1, -0.05) is 19.1 Å². The van der Waals surface area contributed by atoms with Gasteiger partial charge < -0.3 is 15.8 Å². The number of aromatic nitrogens is 2. The number of carbonyl (C=O) groups is 1. The van der Waals surface area contributed by atoms with Crippen molar-refractivity contribution in [1.82, 2.24) is 15.1 Å². The minimum Gasteiger partial charge on any atom is -0.497 e. The van der Waals surface area contributed by atoms with Gasteiger partial charge in [-0.05, 0) is 24.1 Å². The summed E-state index contributed by atoms with van der Waals surface area (Å²) in [5.74, 6) is 0.562. The quantitative estimate of drug-likeness (QED) is 0.873. The van der Waals surface area contributed by atoms with Crippen molar-refractivity contribution in [3.8, 4) is 5.75 Å². The molecule has 1 heterocycles. The van der Waals surface area contributed by atoms with Crippen LogP contribution in [0.1, 0.15) is 28.7 Å². The molecule has 0 saturated heterocycles. The number of nitrogens with two attached hydrogens (primary N) is 1. The Kier molecular flexibility index (Phi) is 4.47. The number of hydrogen-bond acceptors (Lipinski definition) is 4. The summed E-state index contributed by atoms with van der Waals surface area (Å²) in [6, 6.07) is 7.52. The molecule has 1 aromatic heterocycles. The molecule has 0 fully saturated rings. The molecular formula is C15H20N4O2. The standard InChI is InChI=1S/C15H20N4O2/c1-4-12-13(16)14(19(2)18-12)15(20)17-9-10-5-7-11(21-3)8-6-10/h5-8H,4,9,16H2,1-3H3,(H,17,20). The zero-order valence-corrected chi connectivity index (χ0v) is 12.5. The molecular weight excluding hydrogens is 268 g/mol. The third-order valence-electron chi connectivity index (χ3n) is 3.32. The van der Waals surface area contributed by atoms with E-state index in [9.17, 15) is 4.79 Å². The number of carbonyl (C=O) groups excluding carboxylic acids is 1. The van der Waals surface area contributed by atoms with Crippen molar-refractivity contribution in [1.29, 1.82) is 0 Å². The van der Waals surface area contributed by atoms with E-state index in [4.69, 9.17) is 10.5 Å². The summed E-state index contributed by atoms with van der Waals surface area (Å²) in [4.78, 5) is 12.2. The molecule has 0 saturated carbocycles. The van der Waals surface area contributed by atoms with Crippen LogP contribution in [0.5, 0.6) is 5.75 Å². The molecule has 0 aliphatic carbocycles. The molecule has 0 bridgehead atoms. The molecule has 6 nitrogen and oxygen atoms in total. The molecule has 3 N–H and O–H groups in total. The van der Waals surface area contributed by atoms with Gasteiger partial charge in [0, 0.05) is 13.6 Å². The number of hydrogen-bond donors (Lipinski definition) is 2. The van der Waals surface area contributed by atoms with Crippen LogP contribution in [0.2, 0.25) is 0 Å². The minimum absolute atomic E-state index is 0.224. The molecule has 0 aliphatic heterocycles. The summed E-state index contributed by atoms with van der Waals surface area (Å²) in [6.45, 7) is 2.38. The summed E-state index contributed by atoms with van der Waals surface area (Å²) >= 11 is 0. The van der Waals surface area contributed by atoms with E-state index >= 15 is 0 Å². The normalized spacial score (nSPS) is 10.4. The Morgan fingerprint density at radius 3 is 2.57 bits per heavy atom. The third-order valence-corrected chi connectivity index (χ3v) is 3.32. The predicted molar refractivity (Wildman–Crippen MR) is 81.2 cm³/mol. The molecule has 21 heavy (non-hydrogen) atoms. The highest BCUT2D eigenvalue weighted by molar-refractivity contribution is 5.97. The van der Waals surface area contributed by atoms with Crippen LogP contribution in [0.25, 0.3) is 0 Å². The van der Waals surface area contributed by atoms with Gasteiger partial charge >= 0.3 is 0 Å². The Labute approximate surface area is 123 Å². The Bertz CT molecular complexity index is 632.